The average molecular weight is 297 g/mol. The highest BCUT2D eigenvalue weighted by molar-refractivity contribution is 5.75. The molecule has 1 N–H and O–H groups in total. The number of likely N-dealkylation sites (tertiary alicyclic amines) is 1. The molecule has 2 rings (SSSR count). The molecule has 2 aliphatic heterocycles. The molecule has 0 spiro atoms. The minimum atomic E-state index is -0.598. The maximum absolute atomic E-state index is 11.8. The van der Waals surface area contributed by atoms with Gasteiger partial charge in [-0.2, -0.15) is 0 Å². The number of carboxylic acids is 1. The van der Waals surface area contributed by atoms with E-state index < -0.39 is 11.4 Å². The Morgan fingerprint density at radius 2 is 2.19 bits per heavy atom. The normalized spacial score (nSPS) is 38.3. The minimum Gasteiger partial charge on any atom is -0.481 e. The second kappa shape index (κ2) is 6.66. The van der Waals surface area contributed by atoms with Crippen LogP contribution in [0.15, 0.2) is 0 Å². The Morgan fingerprint density at radius 3 is 2.81 bits per heavy atom. The molecule has 21 heavy (non-hydrogen) atoms. The van der Waals surface area contributed by atoms with Crippen LogP contribution in [-0.2, 0) is 9.53 Å². The molecule has 3 atom stereocenters. The van der Waals surface area contributed by atoms with E-state index in [1.54, 1.807) is 0 Å². The summed E-state index contributed by atoms with van der Waals surface area (Å²) in [5, 5.41) is 9.73. The Kier molecular flexibility index (Phi) is 5.31. The van der Waals surface area contributed by atoms with Gasteiger partial charge in [0.1, 0.15) is 0 Å². The van der Waals surface area contributed by atoms with Gasteiger partial charge in [-0.3, -0.25) is 9.69 Å². The summed E-state index contributed by atoms with van der Waals surface area (Å²) in [5.74, 6) is -0.598. The van der Waals surface area contributed by atoms with Crippen LogP contribution in [0.3, 0.4) is 0 Å². The van der Waals surface area contributed by atoms with Crippen LogP contribution in [0.2, 0.25) is 0 Å². The molecule has 0 aromatic rings. The van der Waals surface area contributed by atoms with Crippen LogP contribution >= 0.6 is 0 Å². The quantitative estimate of drug-likeness (QED) is 0.846. The molecule has 0 aromatic carbocycles. The van der Waals surface area contributed by atoms with Gasteiger partial charge in [-0.1, -0.05) is 20.3 Å². The zero-order valence-electron chi connectivity index (χ0n) is 13.9. The first-order valence-corrected chi connectivity index (χ1v) is 8.56. The lowest BCUT2D eigenvalue weighted by Crippen LogP contribution is -2.54. The zero-order chi connectivity index (χ0) is 15.5. The third-order valence-corrected chi connectivity index (χ3v) is 5.62. The predicted molar refractivity (Wildman–Crippen MR) is 83.5 cm³/mol. The summed E-state index contributed by atoms with van der Waals surface area (Å²) < 4.78 is 5.94. The van der Waals surface area contributed by atoms with Crippen LogP contribution < -0.4 is 0 Å². The van der Waals surface area contributed by atoms with E-state index in [1.807, 2.05) is 0 Å². The summed E-state index contributed by atoms with van der Waals surface area (Å²) in [6.45, 7) is 9.03. The van der Waals surface area contributed by atoms with Gasteiger partial charge < -0.3 is 9.84 Å². The molecule has 2 heterocycles. The Bertz CT molecular complexity index is 369. The standard InChI is InChI=1S/C17H31NO3/c1-4-8-17(15(19)20)9-6-10-18(13-17)14-7-11-21-16(3,5-2)12-14/h14H,4-13H2,1-3H3,(H,19,20). The summed E-state index contributed by atoms with van der Waals surface area (Å²) in [6.07, 6.45) is 6.68. The predicted octanol–water partition coefficient (Wildman–Crippen LogP) is 3.30. The lowest BCUT2D eigenvalue weighted by atomic mass is 9.75. The Labute approximate surface area is 128 Å². The summed E-state index contributed by atoms with van der Waals surface area (Å²) in [7, 11) is 0. The van der Waals surface area contributed by atoms with Crippen molar-refractivity contribution in [3.63, 3.8) is 0 Å². The van der Waals surface area contributed by atoms with Gasteiger partial charge in [-0.05, 0) is 52.0 Å². The van der Waals surface area contributed by atoms with E-state index in [0.717, 1.165) is 64.6 Å². The highest BCUT2D eigenvalue weighted by atomic mass is 16.5. The third-order valence-electron chi connectivity index (χ3n) is 5.62. The number of rotatable bonds is 5. The molecule has 0 saturated carbocycles. The van der Waals surface area contributed by atoms with Crippen molar-refractivity contribution in [3.05, 3.63) is 0 Å². The van der Waals surface area contributed by atoms with Crippen LogP contribution in [0.25, 0.3) is 0 Å². The number of hydrogen-bond acceptors (Lipinski definition) is 3. The van der Waals surface area contributed by atoms with Gasteiger partial charge in [0.2, 0.25) is 0 Å². The van der Waals surface area contributed by atoms with Crippen LogP contribution in [0.1, 0.15) is 65.7 Å². The number of aliphatic carboxylic acids is 1. The molecule has 122 valence electrons. The molecule has 4 heteroatoms. The molecule has 4 nitrogen and oxygen atoms in total. The lowest BCUT2D eigenvalue weighted by molar-refractivity contribution is -0.156. The fourth-order valence-electron chi connectivity index (χ4n) is 4.10. The number of hydrogen-bond donors (Lipinski definition) is 1. The van der Waals surface area contributed by atoms with Gasteiger partial charge in [0.05, 0.1) is 11.0 Å². The number of ether oxygens (including phenoxy) is 1. The summed E-state index contributed by atoms with van der Waals surface area (Å²) in [5.41, 5.74) is -0.551. The molecule has 2 aliphatic rings. The first-order valence-electron chi connectivity index (χ1n) is 8.56. The van der Waals surface area contributed by atoms with Crippen LogP contribution in [0.4, 0.5) is 0 Å². The number of carbonyl (C=O) groups is 1. The van der Waals surface area contributed by atoms with Crippen molar-refractivity contribution in [1.29, 1.82) is 0 Å². The SMILES string of the molecule is CCCC1(C(=O)O)CCCN(C2CCOC(C)(CC)C2)C1. The molecular weight excluding hydrogens is 266 g/mol. The van der Waals surface area contributed by atoms with E-state index in [1.165, 1.54) is 0 Å². The van der Waals surface area contributed by atoms with Crippen molar-refractivity contribution in [2.24, 2.45) is 5.41 Å². The highest BCUT2D eigenvalue weighted by Crippen LogP contribution is 2.39. The molecule has 0 aliphatic carbocycles. The maximum Gasteiger partial charge on any atom is 0.310 e. The molecular formula is C17H31NO3. The largest absolute Gasteiger partial charge is 0.481 e. The first kappa shape index (κ1) is 16.8. The van der Waals surface area contributed by atoms with Gasteiger partial charge in [-0.15, -0.1) is 0 Å². The van der Waals surface area contributed by atoms with Gasteiger partial charge in [0.15, 0.2) is 0 Å². The van der Waals surface area contributed by atoms with Gasteiger partial charge >= 0.3 is 5.97 Å². The van der Waals surface area contributed by atoms with Crippen LogP contribution in [0, 0.1) is 5.41 Å². The molecule has 0 bridgehead atoms. The third kappa shape index (κ3) is 3.59. The number of nitrogens with zero attached hydrogens (tertiary/aromatic N) is 1. The maximum atomic E-state index is 11.8. The van der Waals surface area contributed by atoms with Crippen molar-refractivity contribution >= 4 is 5.97 Å². The second-order valence-corrected chi connectivity index (χ2v) is 7.21. The highest BCUT2D eigenvalue weighted by Gasteiger charge is 2.44. The number of piperidine rings is 1. The molecule has 0 aromatic heterocycles. The van der Waals surface area contributed by atoms with Crippen molar-refractivity contribution in [1.82, 2.24) is 4.90 Å². The molecule has 2 saturated heterocycles. The van der Waals surface area contributed by atoms with Gasteiger partial charge in [0, 0.05) is 19.2 Å². The van der Waals surface area contributed by atoms with Crippen molar-refractivity contribution in [2.75, 3.05) is 19.7 Å². The van der Waals surface area contributed by atoms with Gasteiger partial charge in [0.25, 0.3) is 0 Å². The fourth-order valence-corrected chi connectivity index (χ4v) is 4.10. The summed E-state index contributed by atoms with van der Waals surface area (Å²) in [4.78, 5) is 14.3. The second-order valence-electron chi connectivity index (χ2n) is 7.21. The van der Waals surface area contributed by atoms with Gasteiger partial charge in [-0.25, -0.2) is 0 Å². The van der Waals surface area contributed by atoms with Crippen LogP contribution in [0.5, 0.6) is 0 Å². The van der Waals surface area contributed by atoms with E-state index in [2.05, 4.69) is 25.7 Å². The van der Waals surface area contributed by atoms with E-state index in [0.29, 0.717) is 6.04 Å². The molecule has 3 unspecified atom stereocenters. The first-order chi connectivity index (χ1) is 9.95. The fraction of sp³-hybridized carbons (Fsp3) is 0.941. The van der Waals surface area contributed by atoms with Crippen LogP contribution in [-0.4, -0.2) is 47.3 Å². The minimum absolute atomic E-state index is 0.0308. The molecule has 0 radical (unpaired) electrons. The van der Waals surface area contributed by atoms with Crippen molar-refractivity contribution < 1.29 is 14.6 Å². The topological polar surface area (TPSA) is 49.8 Å². The van der Waals surface area contributed by atoms with E-state index in [9.17, 15) is 9.90 Å². The average Bonchev–Trinajstić information content (AvgIpc) is 2.48. The smallest absolute Gasteiger partial charge is 0.310 e. The summed E-state index contributed by atoms with van der Waals surface area (Å²) >= 11 is 0. The monoisotopic (exact) mass is 297 g/mol. The Morgan fingerprint density at radius 1 is 1.43 bits per heavy atom. The lowest BCUT2D eigenvalue weighted by Gasteiger charge is -2.47. The Hall–Kier alpha value is -0.610. The summed E-state index contributed by atoms with van der Waals surface area (Å²) in [6, 6.07) is 0.486. The molecule has 0 amide bonds. The van der Waals surface area contributed by atoms with Crippen molar-refractivity contribution in [3.8, 4) is 0 Å². The van der Waals surface area contributed by atoms with E-state index in [4.69, 9.17) is 4.74 Å². The van der Waals surface area contributed by atoms with E-state index in [-0.39, 0.29) is 5.60 Å². The van der Waals surface area contributed by atoms with Crippen molar-refractivity contribution in [2.45, 2.75) is 77.4 Å². The zero-order valence-corrected chi connectivity index (χ0v) is 13.9. The molecule has 2 fully saturated rings. The van der Waals surface area contributed by atoms with E-state index >= 15 is 0 Å². The number of carboxylic acid groups (broad SMARTS) is 1. The Balaban J connectivity index is 2.08.